The number of hydrogen-bond acceptors (Lipinski definition) is 5. The number of aliphatic carboxylic acids is 1. The number of carbonyl (C=O) groups is 1. The van der Waals surface area contributed by atoms with Crippen LogP contribution in [0.3, 0.4) is 0 Å². The Bertz CT molecular complexity index is 409. The summed E-state index contributed by atoms with van der Waals surface area (Å²) in [5.74, 6) is -0.696. The molecule has 6 nitrogen and oxygen atoms in total. The first kappa shape index (κ1) is 15.4. The third-order valence-corrected chi connectivity index (χ3v) is 5.16. The molecule has 1 aliphatic heterocycles. The van der Waals surface area contributed by atoms with Crippen LogP contribution >= 0.6 is 0 Å². The van der Waals surface area contributed by atoms with Crippen molar-refractivity contribution in [1.29, 1.82) is 0 Å². The molecule has 1 fully saturated rings. The normalized spacial score (nSPS) is 27.6. The number of rotatable bonds is 5. The lowest BCUT2D eigenvalue weighted by atomic mass is 10.0. The van der Waals surface area contributed by atoms with Gasteiger partial charge in [0.2, 0.25) is 0 Å². The van der Waals surface area contributed by atoms with Gasteiger partial charge in [0, 0.05) is 19.1 Å². The summed E-state index contributed by atoms with van der Waals surface area (Å²) in [6.45, 7) is 6.58. The summed E-state index contributed by atoms with van der Waals surface area (Å²) in [5, 5.41) is 12.2. The highest BCUT2D eigenvalue weighted by molar-refractivity contribution is 7.91. The predicted molar refractivity (Wildman–Crippen MR) is 69.4 cm³/mol. The Kier molecular flexibility index (Phi) is 4.74. The summed E-state index contributed by atoms with van der Waals surface area (Å²) < 4.78 is 22.9. The molecule has 0 aromatic rings. The fraction of sp³-hybridized carbons (Fsp3) is 0.909. The standard InChI is InChI=1S/C11H22N2O4S/c1-4-12-11(3,10(14)15)8-13-5-6-18(16,17)7-9(13)2/h9,12H,4-8H2,1-3H3,(H,14,15). The van der Waals surface area contributed by atoms with Crippen molar-refractivity contribution in [2.75, 3.05) is 31.1 Å². The van der Waals surface area contributed by atoms with E-state index in [2.05, 4.69) is 5.32 Å². The Balaban J connectivity index is 2.74. The number of sulfone groups is 1. The van der Waals surface area contributed by atoms with Crippen LogP contribution in [0.5, 0.6) is 0 Å². The van der Waals surface area contributed by atoms with Crippen molar-refractivity contribution in [1.82, 2.24) is 10.2 Å². The first-order valence-corrected chi connectivity index (χ1v) is 7.95. The van der Waals surface area contributed by atoms with E-state index in [1.807, 2.05) is 18.7 Å². The fourth-order valence-corrected chi connectivity index (χ4v) is 3.89. The molecule has 0 amide bonds. The van der Waals surface area contributed by atoms with Crippen LogP contribution in [0.2, 0.25) is 0 Å². The summed E-state index contributed by atoms with van der Waals surface area (Å²) >= 11 is 0. The second kappa shape index (κ2) is 5.54. The smallest absolute Gasteiger partial charge is 0.324 e. The van der Waals surface area contributed by atoms with Gasteiger partial charge in [0.05, 0.1) is 11.5 Å². The van der Waals surface area contributed by atoms with Gasteiger partial charge in [-0.05, 0) is 20.4 Å². The molecule has 0 aliphatic carbocycles. The number of nitrogens with zero attached hydrogens (tertiary/aromatic N) is 1. The average molecular weight is 278 g/mol. The molecule has 1 rings (SSSR count). The van der Waals surface area contributed by atoms with Crippen molar-refractivity contribution in [3.05, 3.63) is 0 Å². The molecule has 0 aromatic heterocycles. The zero-order valence-corrected chi connectivity index (χ0v) is 12.0. The van der Waals surface area contributed by atoms with Gasteiger partial charge in [-0.3, -0.25) is 9.69 Å². The Labute approximate surface area is 108 Å². The van der Waals surface area contributed by atoms with Gasteiger partial charge in [-0.2, -0.15) is 0 Å². The molecule has 2 unspecified atom stereocenters. The van der Waals surface area contributed by atoms with E-state index < -0.39 is 21.3 Å². The van der Waals surface area contributed by atoms with Crippen LogP contribution in [0, 0.1) is 0 Å². The van der Waals surface area contributed by atoms with Crippen molar-refractivity contribution in [2.45, 2.75) is 32.4 Å². The van der Waals surface area contributed by atoms with E-state index >= 15 is 0 Å². The largest absolute Gasteiger partial charge is 0.480 e. The number of carboxylic acids is 1. The Morgan fingerprint density at radius 1 is 1.56 bits per heavy atom. The van der Waals surface area contributed by atoms with Crippen molar-refractivity contribution in [3.8, 4) is 0 Å². The minimum Gasteiger partial charge on any atom is -0.480 e. The van der Waals surface area contributed by atoms with Crippen LogP contribution in [0.1, 0.15) is 20.8 Å². The first-order chi connectivity index (χ1) is 8.20. The quantitative estimate of drug-likeness (QED) is 0.709. The summed E-state index contributed by atoms with van der Waals surface area (Å²) in [6, 6.07) is -0.138. The van der Waals surface area contributed by atoms with Crippen LogP contribution in [0.25, 0.3) is 0 Å². The van der Waals surface area contributed by atoms with Crippen molar-refractivity contribution in [2.24, 2.45) is 0 Å². The van der Waals surface area contributed by atoms with Crippen LogP contribution < -0.4 is 5.32 Å². The van der Waals surface area contributed by atoms with Crippen LogP contribution in [0.15, 0.2) is 0 Å². The van der Waals surface area contributed by atoms with Gasteiger partial charge in [-0.25, -0.2) is 8.42 Å². The van der Waals surface area contributed by atoms with Crippen molar-refractivity contribution < 1.29 is 18.3 Å². The molecular formula is C11H22N2O4S. The van der Waals surface area contributed by atoms with E-state index in [0.29, 0.717) is 19.6 Å². The SMILES string of the molecule is CCNC(C)(CN1CCS(=O)(=O)CC1C)C(=O)O. The van der Waals surface area contributed by atoms with E-state index in [1.54, 1.807) is 6.92 Å². The van der Waals surface area contributed by atoms with E-state index in [0.717, 1.165) is 0 Å². The molecule has 1 heterocycles. The lowest BCUT2D eigenvalue weighted by Gasteiger charge is -2.38. The maximum atomic E-state index is 11.5. The molecule has 0 bridgehead atoms. The van der Waals surface area contributed by atoms with Gasteiger partial charge < -0.3 is 10.4 Å². The van der Waals surface area contributed by atoms with Gasteiger partial charge in [0.15, 0.2) is 9.84 Å². The molecular weight excluding hydrogens is 256 g/mol. The second-order valence-electron chi connectivity index (χ2n) is 5.10. The van der Waals surface area contributed by atoms with Gasteiger partial charge in [0.25, 0.3) is 0 Å². The summed E-state index contributed by atoms with van der Waals surface area (Å²) in [6.07, 6.45) is 0. The molecule has 0 saturated carbocycles. The summed E-state index contributed by atoms with van der Waals surface area (Å²) in [4.78, 5) is 13.2. The molecule has 0 radical (unpaired) electrons. The van der Waals surface area contributed by atoms with Crippen molar-refractivity contribution >= 4 is 15.8 Å². The molecule has 1 saturated heterocycles. The number of hydrogen-bond donors (Lipinski definition) is 2. The van der Waals surface area contributed by atoms with E-state index in [1.165, 1.54) is 0 Å². The molecule has 18 heavy (non-hydrogen) atoms. The first-order valence-electron chi connectivity index (χ1n) is 6.13. The number of carboxylic acid groups (broad SMARTS) is 1. The van der Waals surface area contributed by atoms with Gasteiger partial charge in [-0.1, -0.05) is 6.92 Å². The highest BCUT2D eigenvalue weighted by Gasteiger charge is 2.38. The summed E-state index contributed by atoms with van der Waals surface area (Å²) in [7, 11) is -2.96. The average Bonchev–Trinajstić information content (AvgIpc) is 2.22. The van der Waals surface area contributed by atoms with E-state index in [4.69, 9.17) is 0 Å². The lowest BCUT2D eigenvalue weighted by Crippen LogP contribution is -2.60. The number of nitrogens with one attached hydrogen (secondary N) is 1. The second-order valence-corrected chi connectivity index (χ2v) is 7.33. The van der Waals surface area contributed by atoms with Crippen molar-refractivity contribution in [3.63, 3.8) is 0 Å². The van der Waals surface area contributed by atoms with Gasteiger partial charge >= 0.3 is 5.97 Å². The van der Waals surface area contributed by atoms with Crippen LogP contribution in [-0.2, 0) is 14.6 Å². The lowest BCUT2D eigenvalue weighted by molar-refractivity contribution is -0.145. The van der Waals surface area contributed by atoms with Crippen LogP contribution in [0.4, 0.5) is 0 Å². The molecule has 7 heteroatoms. The minimum atomic E-state index is -2.96. The monoisotopic (exact) mass is 278 g/mol. The third-order valence-electron chi connectivity index (χ3n) is 3.37. The predicted octanol–water partition coefficient (Wildman–Crippen LogP) is -0.442. The van der Waals surface area contributed by atoms with Gasteiger partial charge in [0.1, 0.15) is 5.54 Å². The molecule has 2 N–H and O–H groups in total. The topological polar surface area (TPSA) is 86.7 Å². The highest BCUT2D eigenvalue weighted by Crippen LogP contribution is 2.16. The minimum absolute atomic E-state index is 0.106. The number of likely N-dealkylation sites (N-methyl/N-ethyl adjacent to an activating group) is 1. The zero-order valence-electron chi connectivity index (χ0n) is 11.1. The van der Waals surface area contributed by atoms with E-state index in [-0.39, 0.29) is 17.5 Å². The maximum absolute atomic E-state index is 11.5. The third kappa shape index (κ3) is 3.66. The maximum Gasteiger partial charge on any atom is 0.324 e. The Morgan fingerprint density at radius 2 is 2.17 bits per heavy atom. The van der Waals surface area contributed by atoms with Crippen LogP contribution in [-0.4, -0.2) is 67.1 Å². The van der Waals surface area contributed by atoms with Gasteiger partial charge in [-0.15, -0.1) is 0 Å². The highest BCUT2D eigenvalue weighted by atomic mass is 32.2. The zero-order chi connectivity index (χ0) is 14.0. The molecule has 2 atom stereocenters. The Hall–Kier alpha value is -0.660. The Morgan fingerprint density at radius 3 is 2.61 bits per heavy atom. The molecule has 1 aliphatic rings. The molecule has 0 spiro atoms. The molecule has 0 aromatic carbocycles. The molecule has 106 valence electrons. The summed E-state index contributed by atoms with van der Waals surface area (Å²) in [5.41, 5.74) is -1.04. The fourth-order valence-electron chi connectivity index (χ4n) is 2.26. The van der Waals surface area contributed by atoms with E-state index in [9.17, 15) is 18.3 Å².